The van der Waals surface area contributed by atoms with Crippen LogP contribution >= 0.6 is 0 Å². The Labute approximate surface area is 140 Å². The first-order chi connectivity index (χ1) is 11.7. The van der Waals surface area contributed by atoms with Crippen molar-refractivity contribution in [1.29, 1.82) is 0 Å². The number of benzene rings is 2. The minimum atomic E-state index is -0.536. The third kappa shape index (κ3) is 2.44. The Morgan fingerprint density at radius 1 is 1.12 bits per heavy atom. The zero-order valence-electron chi connectivity index (χ0n) is 13.6. The number of likely N-dealkylation sites (N-methyl/N-ethyl adjacent to an activating group) is 1. The lowest BCUT2D eigenvalue weighted by molar-refractivity contribution is 0.0748. The number of nitrogens with one attached hydrogen (secondary N) is 1. The van der Waals surface area contributed by atoms with E-state index < -0.39 is 6.10 Å². The van der Waals surface area contributed by atoms with Crippen LogP contribution in [-0.4, -0.2) is 30.3 Å². The van der Waals surface area contributed by atoms with Crippen LogP contribution < -0.4 is 15.0 Å². The minimum Gasteiger partial charge on any atom is -0.453 e. The number of anilines is 2. The lowest BCUT2D eigenvalue weighted by atomic mass is 9.86. The molecule has 0 amide bonds. The SMILES string of the molecule is CN[C@H]1CCC[C@@H](N2c3ccccc3Oc3ccc(F)cc32)[C@@H]1O. The number of nitrogens with zero attached hydrogens (tertiary/aromatic N) is 1. The third-order valence-electron chi connectivity index (χ3n) is 5.05. The van der Waals surface area contributed by atoms with E-state index in [1.807, 2.05) is 36.2 Å². The fourth-order valence-corrected chi connectivity index (χ4v) is 3.87. The summed E-state index contributed by atoms with van der Waals surface area (Å²) in [5.74, 6) is 1.04. The van der Waals surface area contributed by atoms with Crippen molar-refractivity contribution in [2.24, 2.45) is 0 Å². The maximum atomic E-state index is 13.9. The van der Waals surface area contributed by atoms with Crippen molar-refractivity contribution < 1.29 is 14.2 Å². The van der Waals surface area contributed by atoms with Gasteiger partial charge in [0.05, 0.1) is 23.5 Å². The molecule has 1 heterocycles. The molecule has 24 heavy (non-hydrogen) atoms. The summed E-state index contributed by atoms with van der Waals surface area (Å²) in [7, 11) is 1.87. The first kappa shape index (κ1) is 15.4. The second-order valence-corrected chi connectivity index (χ2v) is 6.44. The first-order valence-electron chi connectivity index (χ1n) is 8.40. The fourth-order valence-electron chi connectivity index (χ4n) is 3.87. The van der Waals surface area contributed by atoms with Crippen molar-refractivity contribution in [3.8, 4) is 11.5 Å². The van der Waals surface area contributed by atoms with Crippen LogP contribution in [0.2, 0.25) is 0 Å². The average Bonchev–Trinajstić information content (AvgIpc) is 2.60. The number of hydrogen-bond donors (Lipinski definition) is 2. The number of para-hydroxylation sites is 2. The molecule has 2 aliphatic rings. The lowest BCUT2D eigenvalue weighted by Gasteiger charge is -2.44. The lowest BCUT2D eigenvalue weighted by Crippen LogP contribution is -2.54. The highest BCUT2D eigenvalue weighted by Crippen LogP contribution is 2.49. The van der Waals surface area contributed by atoms with Gasteiger partial charge in [-0.1, -0.05) is 12.1 Å². The van der Waals surface area contributed by atoms with Crippen LogP contribution in [0.4, 0.5) is 15.8 Å². The summed E-state index contributed by atoms with van der Waals surface area (Å²) in [6.45, 7) is 0. The van der Waals surface area contributed by atoms with E-state index in [4.69, 9.17) is 4.74 Å². The maximum absolute atomic E-state index is 13.9. The van der Waals surface area contributed by atoms with Crippen LogP contribution in [-0.2, 0) is 0 Å². The van der Waals surface area contributed by atoms with Gasteiger partial charge in [-0.2, -0.15) is 0 Å². The smallest absolute Gasteiger partial charge is 0.151 e. The van der Waals surface area contributed by atoms with Crippen molar-refractivity contribution >= 4 is 11.4 Å². The normalized spacial score (nSPS) is 25.6. The molecule has 2 N–H and O–H groups in total. The van der Waals surface area contributed by atoms with Crippen LogP contribution in [0.3, 0.4) is 0 Å². The zero-order chi connectivity index (χ0) is 16.7. The van der Waals surface area contributed by atoms with E-state index in [0.29, 0.717) is 11.4 Å². The van der Waals surface area contributed by atoms with Crippen LogP contribution in [0, 0.1) is 5.82 Å². The van der Waals surface area contributed by atoms with Crippen molar-refractivity contribution in [3.05, 3.63) is 48.3 Å². The Bertz CT molecular complexity index is 752. The number of fused-ring (bicyclic) bond motifs is 2. The highest BCUT2D eigenvalue weighted by Gasteiger charge is 2.39. The predicted octanol–water partition coefficient (Wildman–Crippen LogP) is 3.57. The minimum absolute atomic E-state index is 0.0377. The summed E-state index contributed by atoms with van der Waals surface area (Å²) in [5, 5.41) is 14.1. The van der Waals surface area contributed by atoms with E-state index >= 15 is 0 Å². The van der Waals surface area contributed by atoms with Crippen LogP contribution in [0.25, 0.3) is 0 Å². The summed E-state index contributed by atoms with van der Waals surface area (Å²) in [5.41, 5.74) is 1.55. The molecule has 0 unspecified atom stereocenters. The molecule has 0 bridgehead atoms. The first-order valence-corrected chi connectivity index (χ1v) is 8.40. The molecule has 1 saturated carbocycles. The van der Waals surface area contributed by atoms with Crippen LogP contribution in [0.15, 0.2) is 42.5 Å². The van der Waals surface area contributed by atoms with Gasteiger partial charge in [-0.05, 0) is 50.6 Å². The van der Waals surface area contributed by atoms with E-state index in [9.17, 15) is 9.50 Å². The second-order valence-electron chi connectivity index (χ2n) is 6.44. The number of aliphatic hydroxyl groups excluding tert-OH is 1. The Kier molecular flexibility index (Phi) is 3.90. The molecule has 0 saturated heterocycles. The van der Waals surface area contributed by atoms with Crippen LogP contribution in [0.1, 0.15) is 19.3 Å². The largest absolute Gasteiger partial charge is 0.453 e. The average molecular weight is 328 g/mol. The van der Waals surface area contributed by atoms with Crippen molar-refractivity contribution in [3.63, 3.8) is 0 Å². The summed E-state index contributed by atoms with van der Waals surface area (Å²) in [6.07, 6.45) is 2.27. The van der Waals surface area contributed by atoms with Crippen molar-refractivity contribution in [1.82, 2.24) is 5.32 Å². The summed E-state index contributed by atoms with van der Waals surface area (Å²) >= 11 is 0. The molecule has 3 atom stereocenters. The standard InChI is InChI=1S/C19H21FN2O2/c1-21-13-5-4-7-15(19(13)23)22-14-6-2-3-8-17(14)24-18-10-9-12(20)11-16(18)22/h2-3,6,8-11,13,15,19,21,23H,4-5,7H2,1H3/t13-,15+,19+/m0/s1. The fraction of sp³-hybridized carbons (Fsp3) is 0.368. The Hall–Kier alpha value is -2.11. The molecular weight excluding hydrogens is 307 g/mol. The molecule has 0 radical (unpaired) electrons. The number of halogens is 1. The number of hydrogen-bond acceptors (Lipinski definition) is 4. The number of aliphatic hydroxyl groups is 1. The van der Waals surface area contributed by atoms with Crippen LogP contribution in [0.5, 0.6) is 11.5 Å². The highest BCUT2D eigenvalue weighted by molar-refractivity contribution is 5.78. The quantitative estimate of drug-likeness (QED) is 0.885. The third-order valence-corrected chi connectivity index (χ3v) is 5.05. The van der Waals surface area contributed by atoms with E-state index in [1.165, 1.54) is 12.1 Å². The van der Waals surface area contributed by atoms with E-state index in [1.54, 1.807) is 6.07 Å². The molecule has 126 valence electrons. The molecule has 1 aliphatic carbocycles. The molecule has 1 fully saturated rings. The van der Waals surface area contributed by atoms with Gasteiger partial charge in [0.1, 0.15) is 5.82 Å². The monoisotopic (exact) mass is 328 g/mol. The van der Waals surface area contributed by atoms with Gasteiger partial charge in [-0.3, -0.25) is 0 Å². The van der Waals surface area contributed by atoms with Crippen molar-refractivity contribution in [2.45, 2.75) is 37.5 Å². The molecule has 0 aromatic heterocycles. The van der Waals surface area contributed by atoms with Gasteiger partial charge in [0.15, 0.2) is 11.5 Å². The molecule has 2 aromatic carbocycles. The molecule has 5 heteroatoms. The van der Waals surface area contributed by atoms with Gasteiger partial charge in [-0.15, -0.1) is 0 Å². The van der Waals surface area contributed by atoms with E-state index in [-0.39, 0.29) is 17.9 Å². The topological polar surface area (TPSA) is 44.7 Å². The van der Waals surface area contributed by atoms with Gasteiger partial charge in [0.25, 0.3) is 0 Å². The summed E-state index contributed by atoms with van der Waals surface area (Å²) in [6, 6.07) is 12.2. The van der Waals surface area contributed by atoms with Gasteiger partial charge >= 0.3 is 0 Å². The van der Waals surface area contributed by atoms with E-state index in [0.717, 1.165) is 30.7 Å². The number of ether oxygens (including phenoxy) is 1. The maximum Gasteiger partial charge on any atom is 0.151 e. The number of rotatable bonds is 2. The Morgan fingerprint density at radius 2 is 1.92 bits per heavy atom. The van der Waals surface area contributed by atoms with Gasteiger partial charge < -0.3 is 20.1 Å². The summed E-state index contributed by atoms with van der Waals surface area (Å²) in [4.78, 5) is 2.05. The van der Waals surface area contributed by atoms with E-state index in [2.05, 4.69) is 5.32 Å². The molecule has 1 aliphatic heterocycles. The molecule has 0 spiro atoms. The predicted molar refractivity (Wildman–Crippen MR) is 91.5 cm³/mol. The molecular formula is C19H21FN2O2. The Morgan fingerprint density at radius 3 is 2.75 bits per heavy atom. The molecule has 2 aromatic rings. The molecule has 4 nitrogen and oxygen atoms in total. The molecule has 4 rings (SSSR count). The van der Waals surface area contributed by atoms with Gasteiger partial charge in [-0.25, -0.2) is 4.39 Å². The van der Waals surface area contributed by atoms with Gasteiger partial charge in [0, 0.05) is 12.1 Å². The Balaban J connectivity index is 1.83. The zero-order valence-corrected chi connectivity index (χ0v) is 13.6. The van der Waals surface area contributed by atoms with Crippen molar-refractivity contribution in [2.75, 3.05) is 11.9 Å². The second kappa shape index (κ2) is 6.07. The highest BCUT2D eigenvalue weighted by atomic mass is 19.1. The summed E-state index contributed by atoms with van der Waals surface area (Å²) < 4.78 is 19.8. The van der Waals surface area contributed by atoms with Gasteiger partial charge in [0.2, 0.25) is 0 Å².